The van der Waals surface area contributed by atoms with E-state index in [4.69, 9.17) is 24.2 Å². The van der Waals surface area contributed by atoms with Crippen molar-refractivity contribution in [2.45, 2.75) is 90.3 Å². The van der Waals surface area contributed by atoms with Gasteiger partial charge in [0, 0.05) is 81.5 Å². The van der Waals surface area contributed by atoms with Gasteiger partial charge in [0.1, 0.15) is 35.1 Å². The summed E-state index contributed by atoms with van der Waals surface area (Å²) in [5.41, 5.74) is 6.85. The number of carbonyl (C=O) groups is 2. The first kappa shape index (κ1) is 50.4. The zero-order valence-corrected chi connectivity index (χ0v) is 43.8. The summed E-state index contributed by atoms with van der Waals surface area (Å²) in [6.07, 6.45) is 9.12. The van der Waals surface area contributed by atoms with E-state index in [0.29, 0.717) is 91.8 Å². The second-order valence-electron chi connectivity index (χ2n) is 21.0. The molecule has 4 atom stereocenters. The molecule has 392 valence electrons. The lowest BCUT2D eigenvalue weighted by Crippen LogP contribution is -2.52. The second kappa shape index (κ2) is 22.2. The van der Waals surface area contributed by atoms with E-state index in [1.165, 1.54) is 0 Å². The van der Waals surface area contributed by atoms with Crippen molar-refractivity contribution < 1.29 is 28.3 Å². The van der Waals surface area contributed by atoms with Crippen LogP contribution < -0.4 is 30.5 Å². The Morgan fingerprint density at radius 2 is 1.80 bits per heavy atom. The highest BCUT2D eigenvalue weighted by Gasteiger charge is 2.38. The van der Waals surface area contributed by atoms with Crippen LogP contribution in [-0.4, -0.2) is 118 Å². The molecular formula is C57H66FN11O5S. The molecule has 0 spiro atoms. The molecule has 4 saturated heterocycles. The molecule has 3 aromatic carbocycles. The fourth-order valence-corrected chi connectivity index (χ4v) is 12.7. The average Bonchev–Trinajstić information content (AvgIpc) is 4.16. The van der Waals surface area contributed by atoms with E-state index < -0.39 is 5.82 Å². The number of pyridine rings is 1. The molecule has 0 saturated carbocycles. The molecule has 4 unspecified atom stereocenters. The van der Waals surface area contributed by atoms with Crippen LogP contribution >= 0.6 is 11.3 Å². The predicted octanol–water partition coefficient (Wildman–Crippen LogP) is 8.40. The molecule has 11 rings (SSSR count). The number of thiazole rings is 1. The summed E-state index contributed by atoms with van der Waals surface area (Å²) >= 11 is 1.62. The first-order chi connectivity index (χ1) is 36.6. The predicted molar refractivity (Wildman–Crippen MR) is 290 cm³/mol. The number of fused-ring (bicyclic) bond motifs is 4. The molecule has 4 aliphatic heterocycles. The van der Waals surface area contributed by atoms with Crippen molar-refractivity contribution in [2.24, 2.45) is 17.8 Å². The second-order valence-corrected chi connectivity index (χ2v) is 21.9. The van der Waals surface area contributed by atoms with Crippen molar-refractivity contribution in [1.29, 1.82) is 0 Å². The molecule has 7 aromatic rings. The first-order valence-electron chi connectivity index (χ1n) is 26.7. The largest absolute Gasteiger partial charge is 0.508 e. The number of nitrogens with one attached hydrogen (secondary N) is 3. The SMILES string of the molecule is CCc1cccc2cc(O)cc(-c3ncc4c(N5CC6CCC(C5)N6)nc(OCCN5CCC(C6CN(c7cc(CC(CCCNC=O)C(=O)NC(C)c8ccc(-c9scnc9C)cc8)on7)C6)CC5)nc4c3F)c12. The number of hydrogen-bond acceptors (Lipinski definition) is 15. The Hall–Kier alpha value is -6.76. The number of aryl methyl sites for hydroxylation is 2. The normalized spacial score (nSPS) is 19.1. The maximum atomic E-state index is 17.1. The number of ether oxygens (including phenoxy) is 1. The number of hydrogen-bond donors (Lipinski definition) is 4. The molecule has 0 radical (unpaired) electrons. The van der Waals surface area contributed by atoms with Gasteiger partial charge in [-0.1, -0.05) is 54.5 Å². The number of phenols is 1. The van der Waals surface area contributed by atoms with Crippen molar-refractivity contribution in [1.82, 2.24) is 45.9 Å². The van der Waals surface area contributed by atoms with Crippen molar-refractivity contribution in [2.75, 3.05) is 68.8 Å². The van der Waals surface area contributed by atoms with Gasteiger partial charge in [0.25, 0.3) is 0 Å². The van der Waals surface area contributed by atoms with E-state index in [-0.39, 0.29) is 40.8 Å². The number of anilines is 2. The maximum absolute atomic E-state index is 17.1. The molecule has 0 aliphatic carbocycles. The van der Waals surface area contributed by atoms with Crippen LogP contribution in [0.1, 0.15) is 81.0 Å². The minimum atomic E-state index is -0.561. The summed E-state index contributed by atoms with van der Waals surface area (Å²) in [6, 6.07) is 20.1. The van der Waals surface area contributed by atoms with Gasteiger partial charge in [-0.15, -0.1) is 11.3 Å². The van der Waals surface area contributed by atoms with Gasteiger partial charge in [0.15, 0.2) is 11.6 Å². The quantitative estimate of drug-likeness (QED) is 0.0421. The lowest BCUT2D eigenvalue weighted by molar-refractivity contribution is -0.126. The summed E-state index contributed by atoms with van der Waals surface area (Å²) in [5.74, 6) is 2.33. The summed E-state index contributed by atoms with van der Waals surface area (Å²) in [4.78, 5) is 51.6. The van der Waals surface area contributed by atoms with E-state index in [9.17, 15) is 14.7 Å². The van der Waals surface area contributed by atoms with Crippen LogP contribution in [0, 0.1) is 30.5 Å². The van der Waals surface area contributed by atoms with Gasteiger partial charge in [-0.3, -0.25) is 19.5 Å². The third kappa shape index (κ3) is 10.9. The number of amides is 2. The number of carbonyl (C=O) groups excluding carboxylic acids is 2. The van der Waals surface area contributed by atoms with E-state index in [2.05, 4.69) is 72.0 Å². The van der Waals surface area contributed by atoms with Gasteiger partial charge in [0.05, 0.1) is 27.5 Å². The van der Waals surface area contributed by atoms with Crippen LogP contribution in [0.15, 0.2) is 76.9 Å². The lowest BCUT2D eigenvalue weighted by atomic mass is 9.79. The first-order valence-corrected chi connectivity index (χ1v) is 27.6. The summed E-state index contributed by atoms with van der Waals surface area (Å²) in [6.45, 7) is 12.9. The summed E-state index contributed by atoms with van der Waals surface area (Å²) in [7, 11) is 0. The average molecular weight is 1040 g/mol. The standard InChI is InChI=1S/C57H66FN11O5S/c1-4-36-7-5-8-40-23-45(71)25-47(50(36)40)52-51(58)53-48(27-60-52)55(69-30-43-14-15-44(31-69)63-43)65-57(64-53)73-22-21-67-19-16-38(17-20-67)42-28-68(29-42)49-26-46(74-66-49)24-41(9-6-18-59-32-70)56(72)62-34(2)37-10-12-39(13-11-37)54-35(3)61-33-75-54/h5,7-8,10-13,23,25-27,32-34,38,41-44,63,71H,4,6,9,14-22,24,28-31H2,1-3H3,(H,59,70)(H,62,72). The minimum absolute atomic E-state index is 0.0469. The Morgan fingerprint density at radius 3 is 2.55 bits per heavy atom. The Bertz CT molecular complexity index is 3140. The summed E-state index contributed by atoms with van der Waals surface area (Å²) < 4.78 is 29.3. The fourth-order valence-electron chi connectivity index (χ4n) is 11.9. The molecule has 2 bridgehead atoms. The number of nitrogens with zero attached hydrogens (tertiary/aromatic N) is 8. The Balaban J connectivity index is 0.692. The van der Waals surface area contributed by atoms with Crippen LogP contribution in [-0.2, 0) is 22.4 Å². The number of benzene rings is 3. The minimum Gasteiger partial charge on any atom is -0.508 e. The topological polar surface area (TPSA) is 187 Å². The highest BCUT2D eigenvalue weighted by molar-refractivity contribution is 7.13. The van der Waals surface area contributed by atoms with Crippen LogP contribution in [0.4, 0.5) is 16.0 Å². The number of aromatic nitrogens is 5. The smallest absolute Gasteiger partial charge is 0.319 e. The van der Waals surface area contributed by atoms with Crippen molar-refractivity contribution >= 4 is 57.0 Å². The number of halogens is 1. The van der Waals surface area contributed by atoms with E-state index in [1.54, 1.807) is 29.7 Å². The number of aromatic hydroxyl groups is 1. The van der Waals surface area contributed by atoms with Gasteiger partial charge >= 0.3 is 6.01 Å². The fraction of sp³-hybridized carbons (Fsp3) is 0.456. The molecule has 4 aliphatic rings. The molecule has 4 fully saturated rings. The highest BCUT2D eigenvalue weighted by atomic mass is 32.1. The molecule has 4 N–H and O–H groups in total. The molecule has 75 heavy (non-hydrogen) atoms. The van der Waals surface area contributed by atoms with E-state index in [0.717, 1.165) is 115 Å². The molecule has 8 heterocycles. The van der Waals surface area contributed by atoms with Gasteiger partial charge < -0.3 is 40.1 Å². The molecule has 2 amide bonds. The monoisotopic (exact) mass is 1040 g/mol. The third-order valence-electron chi connectivity index (χ3n) is 16.1. The van der Waals surface area contributed by atoms with Gasteiger partial charge in [0.2, 0.25) is 12.3 Å². The van der Waals surface area contributed by atoms with E-state index >= 15 is 4.39 Å². The van der Waals surface area contributed by atoms with Crippen molar-refractivity contribution in [3.8, 4) is 33.5 Å². The molecule has 18 heteroatoms. The zero-order chi connectivity index (χ0) is 51.6. The van der Waals surface area contributed by atoms with Crippen LogP contribution in [0.25, 0.3) is 43.4 Å². The maximum Gasteiger partial charge on any atom is 0.319 e. The van der Waals surface area contributed by atoms with Gasteiger partial charge in [-0.2, -0.15) is 9.97 Å². The Kier molecular flexibility index (Phi) is 14.9. The van der Waals surface area contributed by atoms with Gasteiger partial charge in [-0.05, 0) is 123 Å². The van der Waals surface area contributed by atoms with Crippen LogP contribution in [0.5, 0.6) is 11.8 Å². The zero-order valence-electron chi connectivity index (χ0n) is 42.9. The molecule has 16 nitrogen and oxygen atoms in total. The van der Waals surface area contributed by atoms with Gasteiger partial charge in [-0.25, -0.2) is 9.37 Å². The van der Waals surface area contributed by atoms with Crippen molar-refractivity contribution in [3.63, 3.8) is 0 Å². The highest BCUT2D eigenvalue weighted by Crippen LogP contribution is 2.40. The summed E-state index contributed by atoms with van der Waals surface area (Å²) in [5, 5.41) is 27.1. The van der Waals surface area contributed by atoms with Crippen LogP contribution in [0.3, 0.4) is 0 Å². The van der Waals surface area contributed by atoms with Crippen molar-refractivity contribution in [3.05, 3.63) is 101 Å². The lowest BCUT2D eigenvalue weighted by Gasteiger charge is -2.46. The number of piperidine rings is 1. The number of likely N-dealkylation sites (tertiary alicyclic amines) is 1. The van der Waals surface area contributed by atoms with Crippen LogP contribution in [0.2, 0.25) is 0 Å². The molecule has 4 aromatic heterocycles. The Morgan fingerprint density at radius 1 is 1.00 bits per heavy atom. The molecular weight excluding hydrogens is 970 g/mol. The third-order valence-corrected chi connectivity index (χ3v) is 17.1. The number of rotatable bonds is 20. The number of piperazine rings is 1. The van der Waals surface area contributed by atoms with E-state index in [1.807, 2.05) is 43.6 Å². The Labute approximate surface area is 440 Å². The number of phenolic OH excluding ortho intramolecular Hbond substituents is 1.